The van der Waals surface area contributed by atoms with E-state index >= 15 is 0 Å². The van der Waals surface area contributed by atoms with Crippen molar-refractivity contribution in [3.05, 3.63) is 53.3 Å². The van der Waals surface area contributed by atoms with E-state index < -0.39 is 11.7 Å². The second kappa shape index (κ2) is 8.36. The predicted octanol–water partition coefficient (Wildman–Crippen LogP) is 3.72. The third-order valence-electron chi connectivity index (χ3n) is 6.23. The summed E-state index contributed by atoms with van der Waals surface area (Å²) in [7, 11) is 0. The molecule has 2 aliphatic rings. The van der Waals surface area contributed by atoms with Crippen molar-refractivity contribution >= 4 is 11.8 Å². The van der Waals surface area contributed by atoms with Gasteiger partial charge in [0.15, 0.2) is 0 Å². The summed E-state index contributed by atoms with van der Waals surface area (Å²) in [5.74, 6) is -0.348. The smallest absolute Gasteiger partial charge is 0.333 e. The Balaban J connectivity index is 1.59. The average Bonchev–Trinajstić information content (AvgIpc) is 3.35. The minimum absolute atomic E-state index is 0.0791. The second-order valence-corrected chi connectivity index (χ2v) is 8.05. The third kappa shape index (κ3) is 4.18. The van der Waals surface area contributed by atoms with Gasteiger partial charge in [-0.2, -0.15) is 18.3 Å². The van der Waals surface area contributed by atoms with Crippen molar-refractivity contribution in [2.45, 2.75) is 64.0 Å². The highest BCUT2D eigenvalue weighted by atomic mass is 19.4. The first-order valence-corrected chi connectivity index (χ1v) is 10.6. The van der Waals surface area contributed by atoms with Crippen LogP contribution in [0.4, 0.5) is 13.2 Å². The van der Waals surface area contributed by atoms with Crippen molar-refractivity contribution in [3.8, 4) is 0 Å². The molecular formula is C22H25F3N4O2. The molecule has 2 atom stereocenters. The first-order valence-electron chi connectivity index (χ1n) is 10.6. The van der Waals surface area contributed by atoms with Crippen LogP contribution in [0.3, 0.4) is 0 Å². The van der Waals surface area contributed by atoms with Crippen LogP contribution in [-0.4, -0.2) is 50.0 Å². The van der Waals surface area contributed by atoms with Gasteiger partial charge >= 0.3 is 6.18 Å². The van der Waals surface area contributed by atoms with Gasteiger partial charge in [0.25, 0.3) is 5.91 Å². The van der Waals surface area contributed by atoms with Crippen LogP contribution < -0.4 is 0 Å². The minimum Gasteiger partial charge on any atom is -0.333 e. The largest absolute Gasteiger partial charge is 0.416 e. The number of nitrogens with zero attached hydrogens (tertiary/aromatic N) is 4. The number of hydrogen-bond acceptors (Lipinski definition) is 3. The molecule has 2 aromatic rings. The number of alkyl halides is 3. The van der Waals surface area contributed by atoms with Gasteiger partial charge < -0.3 is 9.80 Å². The molecule has 1 aromatic carbocycles. The van der Waals surface area contributed by atoms with E-state index in [1.807, 2.05) is 6.92 Å². The number of aryl methyl sites for hydroxylation is 1. The number of rotatable bonds is 4. The highest BCUT2D eigenvalue weighted by Crippen LogP contribution is 2.36. The topological polar surface area (TPSA) is 58.4 Å². The molecule has 0 unspecified atom stereocenters. The van der Waals surface area contributed by atoms with Gasteiger partial charge in [0, 0.05) is 32.3 Å². The lowest BCUT2D eigenvalue weighted by atomic mass is 10.0. The van der Waals surface area contributed by atoms with Crippen LogP contribution in [0.25, 0.3) is 0 Å². The quantitative estimate of drug-likeness (QED) is 0.737. The Morgan fingerprint density at radius 3 is 2.65 bits per heavy atom. The summed E-state index contributed by atoms with van der Waals surface area (Å²) < 4.78 is 42.1. The van der Waals surface area contributed by atoms with Crippen molar-refractivity contribution in [2.75, 3.05) is 6.54 Å². The molecule has 0 aliphatic carbocycles. The molecule has 0 bridgehead atoms. The highest BCUT2D eigenvalue weighted by molar-refractivity contribution is 5.93. The fourth-order valence-electron chi connectivity index (χ4n) is 4.71. The zero-order valence-electron chi connectivity index (χ0n) is 17.3. The maximum absolute atomic E-state index is 13.5. The summed E-state index contributed by atoms with van der Waals surface area (Å²) in [5, 5.41) is 4.29. The van der Waals surface area contributed by atoms with Crippen LogP contribution in [0.1, 0.15) is 54.2 Å². The van der Waals surface area contributed by atoms with Crippen molar-refractivity contribution in [1.29, 1.82) is 0 Å². The van der Waals surface area contributed by atoms with E-state index in [-0.39, 0.29) is 42.4 Å². The number of benzene rings is 1. The third-order valence-corrected chi connectivity index (χ3v) is 6.23. The summed E-state index contributed by atoms with van der Waals surface area (Å²) in [6.45, 7) is 2.93. The average molecular weight is 434 g/mol. The summed E-state index contributed by atoms with van der Waals surface area (Å²) in [4.78, 5) is 29.2. The first kappa shape index (κ1) is 21.4. The van der Waals surface area contributed by atoms with Crippen LogP contribution in [-0.2, 0) is 24.1 Å². The van der Waals surface area contributed by atoms with Gasteiger partial charge in [0.2, 0.25) is 5.91 Å². The van der Waals surface area contributed by atoms with Crippen molar-refractivity contribution < 1.29 is 22.8 Å². The van der Waals surface area contributed by atoms with E-state index in [9.17, 15) is 22.8 Å². The zero-order chi connectivity index (χ0) is 22.2. The minimum atomic E-state index is -4.49. The first-order chi connectivity index (χ1) is 14.8. The molecule has 0 saturated carbocycles. The van der Waals surface area contributed by atoms with Gasteiger partial charge in [0.05, 0.1) is 17.6 Å². The van der Waals surface area contributed by atoms with Crippen LogP contribution >= 0.6 is 0 Å². The zero-order valence-corrected chi connectivity index (χ0v) is 17.3. The molecule has 2 saturated heterocycles. The lowest BCUT2D eigenvalue weighted by Gasteiger charge is -2.33. The molecule has 9 heteroatoms. The standard InChI is InChI=1S/C22H25F3N4O2/c1-2-27-12-10-17(26-27)21(31)28-13-11-19-18(28)8-5-9-20(30)29(19)14-15-6-3-4-7-16(15)22(23,24)25/h3-4,6-7,10,12,18-19H,2,5,8-9,11,13-14H2,1H3/t18-,19-/m1/s1. The molecule has 2 fully saturated rings. The molecule has 2 amide bonds. The van der Waals surface area contributed by atoms with Crippen LogP contribution in [0.5, 0.6) is 0 Å². The molecule has 3 heterocycles. The Bertz CT molecular complexity index is 972. The molecule has 2 aliphatic heterocycles. The van der Waals surface area contributed by atoms with Gasteiger partial charge in [-0.1, -0.05) is 18.2 Å². The number of fused-ring (bicyclic) bond motifs is 1. The van der Waals surface area contributed by atoms with E-state index in [0.717, 1.165) is 6.07 Å². The molecule has 0 N–H and O–H groups in total. The number of likely N-dealkylation sites (tertiary alicyclic amines) is 2. The summed E-state index contributed by atoms with van der Waals surface area (Å²) >= 11 is 0. The van der Waals surface area contributed by atoms with Crippen LogP contribution in [0.2, 0.25) is 0 Å². The maximum Gasteiger partial charge on any atom is 0.416 e. The van der Waals surface area contributed by atoms with E-state index in [0.29, 0.717) is 38.0 Å². The summed E-state index contributed by atoms with van der Waals surface area (Å²) in [5.41, 5.74) is -0.290. The second-order valence-electron chi connectivity index (χ2n) is 8.05. The summed E-state index contributed by atoms with van der Waals surface area (Å²) in [6.07, 6.45) is -0.671. The van der Waals surface area contributed by atoms with Crippen molar-refractivity contribution in [1.82, 2.24) is 19.6 Å². The molecule has 0 radical (unpaired) electrons. The van der Waals surface area contributed by atoms with Crippen LogP contribution in [0, 0.1) is 0 Å². The normalized spacial score (nSPS) is 21.9. The molecule has 0 spiro atoms. The van der Waals surface area contributed by atoms with Gasteiger partial charge in [-0.3, -0.25) is 14.3 Å². The Hall–Kier alpha value is -2.84. The Kier molecular flexibility index (Phi) is 5.77. The summed E-state index contributed by atoms with van der Waals surface area (Å²) in [6, 6.07) is 6.54. The van der Waals surface area contributed by atoms with E-state index in [1.54, 1.807) is 32.8 Å². The molecule has 166 valence electrons. The lowest BCUT2D eigenvalue weighted by molar-refractivity contribution is -0.140. The highest BCUT2D eigenvalue weighted by Gasteiger charge is 2.44. The Morgan fingerprint density at radius 1 is 1.16 bits per heavy atom. The van der Waals surface area contributed by atoms with Gasteiger partial charge in [-0.25, -0.2) is 0 Å². The fourth-order valence-corrected chi connectivity index (χ4v) is 4.71. The number of halogens is 3. The van der Waals surface area contributed by atoms with E-state index in [4.69, 9.17) is 0 Å². The SMILES string of the molecule is CCn1ccc(C(=O)N2CC[C@@H]3[C@H]2CCCC(=O)N3Cc2ccccc2C(F)(F)F)n1. The fraction of sp³-hybridized carbons (Fsp3) is 0.500. The number of hydrogen-bond donors (Lipinski definition) is 0. The number of amides is 2. The molecule has 6 nitrogen and oxygen atoms in total. The predicted molar refractivity (Wildman–Crippen MR) is 107 cm³/mol. The molecular weight excluding hydrogens is 409 g/mol. The number of carbonyl (C=O) groups excluding carboxylic acids is 2. The molecule has 31 heavy (non-hydrogen) atoms. The molecule has 4 rings (SSSR count). The van der Waals surface area contributed by atoms with Gasteiger partial charge in [-0.05, 0) is 43.9 Å². The van der Waals surface area contributed by atoms with Crippen molar-refractivity contribution in [3.63, 3.8) is 0 Å². The monoisotopic (exact) mass is 434 g/mol. The number of aromatic nitrogens is 2. The van der Waals surface area contributed by atoms with Gasteiger partial charge in [-0.15, -0.1) is 0 Å². The van der Waals surface area contributed by atoms with Crippen molar-refractivity contribution in [2.24, 2.45) is 0 Å². The molecule has 1 aromatic heterocycles. The van der Waals surface area contributed by atoms with E-state index in [1.165, 1.54) is 12.1 Å². The van der Waals surface area contributed by atoms with Gasteiger partial charge in [0.1, 0.15) is 5.69 Å². The maximum atomic E-state index is 13.5. The number of carbonyl (C=O) groups is 2. The lowest BCUT2D eigenvalue weighted by Crippen LogP contribution is -2.47. The Morgan fingerprint density at radius 2 is 1.94 bits per heavy atom. The van der Waals surface area contributed by atoms with E-state index in [2.05, 4.69) is 5.10 Å². The van der Waals surface area contributed by atoms with Crippen LogP contribution in [0.15, 0.2) is 36.5 Å². The Labute approximate surface area is 178 Å².